The smallest absolute Gasteiger partial charge is 0.292 e. The summed E-state index contributed by atoms with van der Waals surface area (Å²) >= 11 is 0. The molecule has 0 radical (unpaired) electrons. The number of pyridine rings is 1. The predicted molar refractivity (Wildman–Crippen MR) is 94.0 cm³/mol. The SMILES string of the molecule is O=[N+]([O-])c1ccc2c(c1N1CCN(c3ccccn3)CC1)CCN2. The zero-order valence-corrected chi connectivity index (χ0v) is 13.3. The van der Waals surface area contributed by atoms with Crippen molar-refractivity contribution in [1.82, 2.24) is 4.98 Å². The van der Waals surface area contributed by atoms with E-state index >= 15 is 0 Å². The summed E-state index contributed by atoms with van der Waals surface area (Å²) in [7, 11) is 0. The van der Waals surface area contributed by atoms with Crippen LogP contribution in [0.5, 0.6) is 0 Å². The molecule has 0 atom stereocenters. The van der Waals surface area contributed by atoms with Crippen LogP contribution in [0.4, 0.5) is 22.9 Å². The highest BCUT2D eigenvalue weighted by Crippen LogP contribution is 2.39. The van der Waals surface area contributed by atoms with Gasteiger partial charge in [-0.25, -0.2) is 4.98 Å². The maximum absolute atomic E-state index is 11.5. The first-order valence-corrected chi connectivity index (χ1v) is 8.19. The van der Waals surface area contributed by atoms with E-state index in [1.807, 2.05) is 24.3 Å². The summed E-state index contributed by atoms with van der Waals surface area (Å²) < 4.78 is 0. The van der Waals surface area contributed by atoms with Crippen molar-refractivity contribution in [2.45, 2.75) is 6.42 Å². The Morgan fingerprint density at radius 1 is 1.08 bits per heavy atom. The fourth-order valence-corrected chi connectivity index (χ4v) is 3.56. The van der Waals surface area contributed by atoms with Gasteiger partial charge in [0.15, 0.2) is 0 Å². The molecule has 0 aliphatic carbocycles. The maximum Gasteiger partial charge on any atom is 0.292 e. The standard InChI is InChI=1S/C17H19N5O2/c23-22(24)15-5-4-14-13(6-8-18-14)17(15)21-11-9-20(10-12-21)16-3-1-2-7-19-16/h1-5,7,18H,6,8-12H2. The highest BCUT2D eigenvalue weighted by Gasteiger charge is 2.29. The third-order valence-electron chi connectivity index (χ3n) is 4.72. The Hall–Kier alpha value is -2.83. The molecule has 1 fully saturated rings. The second-order valence-electron chi connectivity index (χ2n) is 6.06. The number of nitro benzene ring substituents is 1. The van der Waals surface area contributed by atoms with Crippen LogP contribution in [0.2, 0.25) is 0 Å². The summed E-state index contributed by atoms with van der Waals surface area (Å²) in [4.78, 5) is 20.0. The Kier molecular flexibility index (Phi) is 3.68. The molecule has 2 aliphatic heterocycles. The minimum absolute atomic E-state index is 0.212. The molecule has 24 heavy (non-hydrogen) atoms. The van der Waals surface area contributed by atoms with Crippen molar-refractivity contribution in [3.63, 3.8) is 0 Å². The van der Waals surface area contributed by atoms with Crippen molar-refractivity contribution in [3.05, 3.63) is 52.2 Å². The van der Waals surface area contributed by atoms with Gasteiger partial charge < -0.3 is 15.1 Å². The van der Waals surface area contributed by atoms with Crippen molar-refractivity contribution in [1.29, 1.82) is 0 Å². The first-order chi connectivity index (χ1) is 11.7. The lowest BCUT2D eigenvalue weighted by Gasteiger charge is -2.37. The lowest BCUT2D eigenvalue weighted by molar-refractivity contribution is -0.384. The summed E-state index contributed by atoms with van der Waals surface area (Å²) in [5, 5.41) is 14.8. The first kappa shape index (κ1) is 14.7. The van der Waals surface area contributed by atoms with Gasteiger partial charge in [-0.05, 0) is 24.6 Å². The summed E-state index contributed by atoms with van der Waals surface area (Å²) in [6.45, 7) is 3.98. The summed E-state index contributed by atoms with van der Waals surface area (Å²) in [5.41, 5.74) is 3.12. The average Bonchev–Trinajstić information content (AvgIpc) is 3.10. The minimum atomic E-state index is -0.265. The highest BCUT2D eigenvalue weighted by molar-refractivity contribution is 5.78. The Morgan fingerprint density at radius 3 is 2.58 bits per heavy atom. The fourth-order valence-electron chi connectivity index (χ4n) is 3.56. The average molecular weight is 325 g/mol. The Balaban J connectivity index is 1.60. The zero-order valence-electron chi connectivity index (χ0n) is 13.3. The van der Waals surface area contributed by atoms with Crippen LogP contribution >= 0.6 is 0 Å². The Morgan fingerprint density at radius 2 is 1.88 bits per heavy atom. The topological polar surface area (TPSA) is 74.5 Å². The van der Waals surface area contributed by atoms with E-state index in [0.29, 0.717) is 0 Å². The van der Waals surface area contributed by atoms with Gasteiger partial charge >= 0.3 is 0 Å². The molecule has 2 aliphatic rings. The second kappa shape index (κ2) is 5.99. The van der Waals surface area contributed by atoms with Gasteiger partial charge in [-0.1, -0.05) is 6.07 Å². The molecule has 0 bridgehead atoms. The largest absolute Gasteiger partial charge is 0.384 e. The molecule has 1 N–H and O–H groups in total. The first-order valence-electron chi connectivity index (χ1n) is 8.19. The maximum atomic E-state index is 11.5. The van der Waals surface area contributed by atoms with Crippen molar-refractivity contribution >= 4 is 22.9 Å². The van der Waals surface area contributed by atoms with E-state index in [0.717, 1.165) is 61.9 Å². The number of nitrogens with zero attached hydrogens (tertiary/aromatic N) is 4. The van der Waals surface area contributed by atoms with Crippen LogP contribution in [0.1, 0.15) is 5.56 Å². The van der Waals surface area contributed by atoms with Crippen molar-refractivity contribution in [3.8, 4) is 0 Å². The Bertz CT molecular complexity index is 757. The van der Waals surface area contributed by atoms with E-state index in [9.17, 15) is 10.1 Å². The van der Waals surface area contributed by atoms with Crippen LogP contribution < -0.4 is 15.1 Å². The molecular weight excluding hydrogens is 306 g/mol. The summed E-state index contributed by atoms with van der Waals surface area (Å²) in [5.74, 6) is 0.964. The van der Waals surface area contributed by atoms with Gasteiger partial charge in [-0.15, -0.1) is 0 Å². The predicted octanol–water partition coefficient (Wildman–Crippen LogP) is 2.28. The number of anilines is 3. The van der Waals surface area contributed by atoms with Gasteiger partial charge in [0.05, 0.1) is 4.92 Å². The van der Waals surface area contributed by atoms with Gasteiger partial charge in [0.1, 0.15) is 11.5 Å². The van der Waals surface area contributed by atoms with Gasteiger partial charge in [-0.2, -0.15) is 0 Å². The van der Waals surface area contributed by atoms with Gasteiger partial charge in [0.2, 0.25) is 0 Å². The highest BCUT2D eigenvalue weighted by atomic mass is 16.6. The molecule has 0 saturated carbocycles. The minimum Gasteiger partial charge on any atom is -0.384 e. The van der Waals surface area contributed by atoms with E-state index < -0.39 is 0 Å². The molecule has 1 aromatic heterocycles. The van der Waals surface area contributed by atoms with Crippen LogP contribution in [-0.2, 0) is 6.42 Å². The van der Waals surface area contributed by atoms with E-state index in [1.54, 1.807) is 12.3 Å². The molecule has 7 nitrogen and oxygen atoms in total. The second-order valence-corrected chi connectivity index (χ2v) is 6.06. The summed E-state index contributed by atoms with van der Waals surface area (Å²) in [6, 6.07) is 9.34. The number of nitro groups is 1. The van der Waals surface area contributed by atoms with Crippen LogP contribution in [0, 0.1) is 10.1 Å². The van der Waals surface area contributed by atoms with Gasteiger partial charge in [0, 0.05) is 56.2 Å². The van der Waals surface area contributed by atoms with Crippen LogP contribution in [0.3, 0.4) is 0 Å². The molecule has 1 saturated heterocycles. The van der Waals surface area contributed by atoms with Crippen molar-refractivity contribution in [2.75, 3.05) is 47.8 Å². The third kappa shape index (κ3) is 2.51. The quantitative estimate of drug-likeness (QED) is 0.689. The van der Waals surface area contributed by atoms with Crippen molar-refractivity contribution < 1.29 is 4.92 Å². The van der Waals surface area contributed by atoms with E-state index in [1.165, 1.54) is 0 Å². The number of benzene rings is 1. The molecule has 124 valence electrons. The van der Waals surface area contributed by atoms with Crippen LogP contribution in [0.15, 0.2) is 36.5 Å². The lowest BCUT2D eigenvalue weighted by atomic mass is 10.1. The summed E-state index contributed by atoms with van der Waals surface area (Å²) in [6.07, 6.45) is 2.63. The monoisotopic (exact) mass is 325 g/mol. The number of hydrogen-bond donors (Lipinski definition) is 1. The molecule has 0 amide bonds. The fraction of sp³-hybridized carbons (Fsp3) is 0.353. The van der Waals surface area contributed by atoms with Crippen LogP contribution in [-0.4, -0.2) is 42.6 Å². The molecule has 4 rings (SSSR count). The number of aromatic nitrogens is 1. The van der Waals surface area contributed by atoms with Gasteiger partial charge in [0.25, 0.3) is 5.69 Å². The molecule has 0 spiro atoms. The molecule has 3 heterocycles. The normalized spacial score (nSPS) is 16.7. The van der Waals surface area contributed by atoms with E-state index in [4.69, 9.17) is 0 Å². The third-order valence-corrected chi connectivity index (χ3v) is 4.72. The number of rotatable bonds is 3. The number of nitrogens with one attached hydrogen (secondary N) is 1. The van der Waals surface area contributed by atoms with Crippen molar-refractivity contribution in [2.24, 2.45) is 0 Å². The van der Waals surface area contributed by atoms with E-state index in [2.05, 4.69) is 20.1 Å². The molecule has 0 unspecified atom stereocenters. The van der Waals surface area contributed by atoms with E-state index in [-0.39, 0.29) is 10.6 Å². The molecule has 7 heteroatoms. The molecular formula is C17H19N5O2. The number of hydrogen-bond acceptors (Lipinski definition) is 6. The lowest BCUT2D eigenvalue weighted by Crippen LogP contribution is -2.47. The number of piperazine rings is 1. The zero-order chi connectivity index (χ0) is 16.5. The van der Waals surface area contributed by atoms with Crippen LogP contribution in [0.25, 0.3) is 0 Å². The number of fused-ring (bicyclic) bond motifs is 1. The van der Waals surface area contributed by atoms with Gasteiger partial charge in [-0.3, -0.25) is 10.1 Å². The molecule has 1 aromatic carbocycles. The molecule has 2 aromatic rings. The Labute approximate surface area is 140 Å².